The molecule has 0 aliphatic rings. The van der Waals surface area contributed by atoms with Gasteiger partial charge in [-0.05, 0) is 70.3 Å². The van der Waals surface area contributed by atoms with E-state index in [9.17, 15) is 4.79 Å². The molecule has 142 valence electrons. The van der Waals surface area contributed by atoms with Gasteiger partial charge in [0.2, 0.25) is 5.91 Å². The molecule has 0 unspecified atom stereocenters. The Hall–Kier alpha value is -2.33. The van der Waals surface area contributed by atoms with Gasteiger partial charge in [-0.3, -0.25) is 4.79 Å². The van der Waals surface area contributed by atoms with E-state index in [-0.39, 0.29) is 5.91 Å². The summed E-state index contributed by atoms with van der Waals surface area (Å²) in [7, 11) is 4.07. The Morgan fingerprint density at radius 2 is 2.00 bits per heavy atom. The van der Waals surface area contributed by atoms with Crippen LogP contribution in [0.15, 0.2) is 60.0 Å². The van der Waals surface area contributed by atoms with Gasteiger partial charge in [0.1, 0.15) is 0 Å². The lowest BCUT2D eigenvalue weighted by Crippen LogP contribution is -2.13. The number of hydrogen-bond acceptors (Lipinski definition) is 3. The minimum atomic E-state index is 0.0354. The predicted molar refractivity (Wildman–Crippen MR) is 112 cm³/mol. The van der Waals surface area contributed by atoms with Crippen LogP contribution in [0.1, 0.15) is 45.6 Å². The Labute approximate surface area is 158 Å². The quantitative estimate of drug-likeness (QED) is 0.591. The Morgan fingerprint density at radius 1 is 1.23 bits per heavy atom. The van der Waals surface area contributed by atoms with Crippen molar-refractivity contribution in [3.8, 4) is 0 Å². The van der Waals surface area contributed by atoms with Crippen molar-refractivity contribution in [3.05, 3.63) is 65.5 Å². The lowest BCUT2D eigenvalue weighted by atomic mass is 10.0. The summed E-state index contributed by atoms with van der Waals surface area (Å²) in [6.07, 6.45) is 10.1. The van der Waals surface area contributed by atoms with Crippen molar-refractivity contribution in [1.29, 1.82) is 0 Å². The van der Waals surface area contributed by atoms with Gasteiger partial charge in [0.25, 0.3) is 0 Å². The maximum atomic E-state index is 12.4. The van der Waals surface area contributed by atoms with Crippen molar-refractivity contribution in [2.45, 2.75) is 46.6 Å². The van der Waals surface area contributed by atoms with Crippen LogP contribution in [-0.2, 0) is 11.3 Å². The van der Waals surface area contributed by atoms with Crippen LogP contribution < -0.4 is 10.6 Å². The van der Waals surface area contributed by atoms with Gasteiger partial charge < -0.3 is 15.5 Å². The normalized spacial score (nSPS) is 12.7. The second kappa shape index (κ2) is 12.1. The van der Waals surface area contributed by atoms with E-state index >= 15 is 0 Å². The van der Waals surface area contributed by atoms with Gasteiger partial charge in [-0.15, -0.1) is 0 Å². The molecule has 0 aromatic heterocycles. The average molecular weight is 356 g/mol. The van der Waals surface area contributed by atoms with E-state index in [1.807, 2.05) is 57.7 Å². The number of anilines is 1. The molecule has 4 nitrogen and oxygen atoms in total. The molecule has 1 aromatic carbocycles. The van der Waals surface area contributed by atoms with E-state index < -0.39 is 0 Å². The highest BCUT2D eigenvalue weighted by molar-refractivity contribution is 5.90. The molecule has 0 radical (unpaired) electrons. The first kappa shape index (κ1) is 21.7. The minimum absolute atomic E-state index is 0.0354. The molecule has 0 aliphatic carbocycles. The molecule has 1 aromatic rings. The number of hydrogen-bond donors (Lipinski definition) is 2. The van der Waals surface area contributed by atoms with Crippen LogP contribution in [-0.4, -0.2) is 24.9 Å². The van der Waals surface area contributed by atoms with Crippen molar-refractivity contribution in [3.63, 3.8) is 0 Å². The molecule has 0 bridgehead atoms. The van der Waals surface area contributed by atoms with Crippen molar-refractivity contribution >= 4 is 11.6 Å². The zero-order valence-electron chi connectivity index (χ0n) is 16.8. The molecule has 4 heteroatoms. The van der Waals surface area contributed by atoms with E-state index in [0.717, 1.165) is 24.2 Å². The summed E-state index contributed by atoms with van der Waals surface area (Å²) in [5, 5.41) is 6.16. The molecule has 1 amide bonds. The van der Waals surface area contributed by atoms with E-state index in [4.69, 9.17) is 0 Å². The zero-order valence-corrected chi connectivity index (χ0v) is 16.8. The van der Waals surface area contributed by atoms with Gasteiger partial charge in [0, 0.05) is 24.9 Å². The van der Waals surface area contributed by atoms with Crippen LogP contribution in [0.25, 0.3) is 0 Å². The Kier molecular flexibility index (Phi) is 10.1. The fraction of sp³-hybridized carbons (Fsp3) is 0.409. The van der Waals surface area contributed by atoms with Gasteiger partial charge in [-0.2, -0.15) is 0 Å². The third-order valence-corrected chi connectivity index (χ3v) is 3.87. The standard InChI is InChI=1S/C22H33N3O/c1-6-9-18(3)20(16-23-14-7-2)12-13-22(26)24-21-11-8-10-19(15-21)17-25(4)5/h7-11,14-16,23H,6,12-13,17H2,1-5H3,(H,24,26)/b14-7+,18-9+,20-16-. The summed E-state index contributed by atoms with van der Waals surface area (Å²) in [4.78, 5) is 14.5. The molecule has 2 N–H and O–H groups in total. The molecular weight excluding hydrogens is 322 g/mol. The van der Waals surface area contributed by atoms with Crippen LogP contribution in [0.3, 0.4) is 0 Å². The molecule has 0 saturated carbocycles. The van der Waals surface area contributed by atoms with Crippen LogP contribution in [0, 0.1) is 0 Å². The smallest absolute Gasteiger partial charge is 0.224 e. The first-order valence-electron chi connectivity index (χ1n) is 9.23. The Bertz CT molecular complexity index is 657. The second-order valence-corrected chi connectivity index (χ2v) is 6.62. The third-order valence-electron chi connectivity index (χ3n) is 3.87. The summed E-state index contributed by atoms with van der Waals surface area (Å²) in [6.45, 7) is 7.03. The summed E-state index contributed by atoms with van der Waals surface area (Å²) >= 11 is 0. The van der Waals surface area contributed by atoms with Crippen LogP contribution in [0.2, 0.25) is 0 Å². The van der Waals surface area contributed by atoms with Gasteiger partial charge in [-0.25, -0.2) is 0 Å². The monoisotopic (exact) mass is 355 g/mol. The SMILES string of the molecule is C/C=C/N/C=C(CCC(=O)Nc1cccc(CN(C)C)c1)\C(C)=C\CC. The average Bonchev–Trinajstić information content (AvgIpc) is 2.57. The molecule has 26 heavy (non-hydrogen) atoms. The first-order chi connectivity index (χ1) is 12.5. The molecule has 1 rings (SSSR count). The number of amides is 1. The highest BCUT2D eigenvalue weighted by Crippen LogP contribution is 2.17. The number of carbonyl (C=O) groups is 1. The number of allylic oxidation sites excluding steroid dienone is 4. The summed E-state index contributed by atoms with van der Waals surface area (Å²) in [5.74, 6) is 0.0354. The number of rotatable bonds is 10. The van der Waals surface area contributed by atoms with E-state index in [1.165, 1.54) is 11.1 Å². The molecule has 0 fully saturated rings. The van der Waals surface area contributed by atoms with Crippen LogP contribution >= 0.6 is 0 Å². The lowest BCUT2D eigenvalue weighted by Gasteiger charge is -2.12. The highest BCUT2D eigenvalue weighted by atomic mass is 16.1. The van der Waals surface area contributed by atoms with E-state index in [2.05, 4.69) is 41.5 Å². The summed E-state index contributed by atoms with van der Waals surface area (Å²) < 4.78 is 0. The van der Waals surface area contributed by atoms with Crippen molar-refractivity contribution < 1.29 is 4.79 Å². The number of nitrogens with zero attached hydrogens (tertiary/aromatic N) is 1. The predicted octanol–water partition coefficient (Wildman–Crippen LogP) is 4.83. The number of benzene rings is 1. The number of carbonyl (C=O) groups excluding carboxylic acids is 1. The lowest BCUT2D eigenvalue weighted by molar-refractivity contribution is -0.116. The van der Waals surface area contributed by atoms with Crippen molar-refractivity contribution in [2.24, 2.45) is 0 Å². The maximum Gasteiger partial charge on any atom is 0.224 e. The second-order valence-electron chi connectivity index (χ2n) is 6.62. The Balaban J connectivity index is 2.67. The minimum Gasteiger partial charge on any atom is -0.368 e. The van der Waals surface area contributed by atoms with Crippen molar-refractivity contribution in [1.82, 2.24) is 10.2 Å². The molecule has 0 saturated heterocycles. The first-order valence-corrected chi connectivity index (χ1v) is 9.23. The fourth-order valence-electron chi connectivity index (χ4n) is 2.65. The van der Waals surface area contributed by atoms with Gasteiger partial charge in [-0.1, -0.05) is 36.8 Å². The van der Waals surface area contributed by atoms with Crippen LogP contribution in [0.5, 0.6) is 0 Å². The number of nitrogens with one attached hydrogen (secondary N) is 2. The van der Waals surface area contributed by atoms with Gasteiger partial charge >= 0.3 is 0 Å². The molecular formula is C22H33N3O. The van der Waals surface area contributed by atoms with Crippen LogP contribution in [0.4, 0.5) is 5.69 Å². The molecule has 0 atom stereocenters. The van der Waals surface area contributed by atoms with Crippen molar-refractivity contribution in [2.75, 3.05) is 19.4 Å². The summed E-state index contributed by atoms with van der Waals surface area (Å²) in [6, 6.07) is 8.02. The maximum absolute atomic E-state index is 12.4. The molecule has 0 spiro atoms. The zero-order chi connectivity index (χ0) is 19.4. The molecule has 0 heterocycles. The topological polar surface area (TPSA) is 44.4 Å². The van der Waals surface area contributed by atoms with E-state index in [0.29, 0.717) is 12.8 Å². The van der Waals surface area contributed by atoms with E-state index in [1.54, 1.807) is 0 Å². The molecule has 0 aliphatic heterocycles. The van der Waals surface area contributed by atoms with Gasteiger partial charge in [0.15, 0.2) is 0 Å². The summed E-state index contributed by atoms with van der Waals surface area (Å²) in [5.41, 5.74) is 4.41. The third kappa shape index (κ3) is 8.67. The largest absolute Gasteiger partial charge is 0.368 e. The highest BCUT2D eigenvalue weighted by Gasteiger charge is 2.07. The fourth-order valence-corrected chi connectivity index (χ4v) is 2.65. The van der Waals surface area contributed by atoms with Gasteiger partial charge in [0.05, 0.1) is 0 Å². The Morgan fingerprint density at radius 3 is 2.65 bits per heavy atom.